The number of hydrogen-bond donors (Lipinski definition) is 0. The minimum Gasteiger partial charge on any atom is -0.279 e. The molecule has 0 N–H and O–H groups in total. The Kier molecular flexibility index (Phi) is 5.88. The molecule has 1 heterocycles. The Labute approximate surface area is 160 Å². The van der Waals surface area contributed by atoms with E-state index in [9.17, 15) is 12.8 Å². The number of aliphatic imine (C=N–C) groups is 1. The fourth-order valence-electron chi connectivity index (χ4n) is 3.82. The van der Waals surface area contributed by atoms with Crippen LogP contribution in [-0.2, 0) is 9.84 Å². The highest BCUT2D eigenvalue weighted by Gasteiger charge is 2.31. The molecule has 1 aliphatic heterocycles. The Balaban J connectivity index is 1.65. The van der Waals surface area contributed by atoms with Crippen molar-refractivity contribution in [3.63, 3.8) is 0 Å². The van der Waals surface area contributed by atoms with Gasteiger partial charge in [-0.15, -0.1) is 0 Å². The lowest BCUT2D eigenvalue weighted by atomic mass is 9.79. The Bertz CT molecular complexity index is 837. The first kappa shape index (κ1) is 19.6. The van der Waals surface area contributed by atoms with Crippen LogP contribution in [0.1, 0.15) is 45.1 Å². The highest BCUT2D eigenvalue weighted by molar-refractivity contribution is 7.91. The van der Waals surface area contributed by atoms with Crippen LogP contribution in [0.3, 0.4) is 0 Å². The molecule has 3 rings (SSSR count). The second-order valence-electron chi connectivity index (χ2n) is 7.61. The van der Waals surface area contributed by atoms with Crippen molar-refractivity contribution in [1.29, 1.82) is 0 Å². The lowest BCUT2D eigenvalue weighted by molar-refractivity contribution is 0.319. The topological polar surface area (TPSA) is 46.5 Å². The lowest BCUT2D eigenvalue weighted by Crippen LogP contribution is -2.27. The van der Waals surface area contributed by atoms with Crippen LogP contribution in [0.25, 0.3) is 0 Å². The zero-order valence-electron chi connectivity index (χ0n) is 15.2. The Hall–Kier alpha value is -1.20. The van der Waals surface area contributed by atoms with Gasteiger partial charge in [0.2, 0.25) is 0 Å². The van der Waals surface area contributed by atoms with E-state index in [1.807, 2.05) is 6.07 Å². The number of hydrogen-bond acceptors (Lipinski definition) is 3. The van der Waals surface area contributed by atoms with E-state index in [4.69, 9.17) is 11.6 Å². The third-order valence-electron chi connectivity index (χ3n) is 5.52. The summed E-state index contributed by atoms with van der Waals surface area (Å²) < 4.78 is 37.7. The molecular weight excluding hydrogens is 373 g/mol. The summed E-state index contributed by atoms with van der Waals surface area (Å²) in [6.45, 7) is 4.05. The molecule has 0 aromatic heterocycles. The van der Waals surface area contributed by atoms with Gasteiger partial charge in [-0.2, -0.15) is 0 Å². The van der Waals surface area contributed by atoms with Gasteiger partial charge in [-0.3, -0.25) is 4.99 Å². The van der Waals surface area contributed by atoms with Gasteiger partial charge in [-0.05, 0) is 69.1 Å². The van der Waals surface area contributed by atoms with E-state index >= 15 is 0 Å². The molecule has 2 aliphatic rings. The Morgan fingerprint density at radius 1 is 1.23 bits per heavy atom. The molecule has 0 spiro atoms. The molecule has 1 fully saturated rings. The van der Waals surface area contributed by atoms with Gasteiger partial charge in [0, 0.05) is 5.56 Å². The van der Waals surface area contributed by atoms with Gasteiger partial charge in [0.25, 0.3) is 0 Å². The van der Waals surface area contributed by atoms with E-state index in [-0.39, 0.29) is 22.7 Å². The highest BCUT2D eigenvalue weighted by Crippen LogP contribution is 2.39. The van der Waals surface area contributed by atoms with Crippen LogP contribution in [0.5, 0.6) is 0 Å². The van der Waals surface area contributed by atoms with Crippen molar-refractivity contribution in [2.45, 2.75) is 44.8 Å². The number of halogens is 2. The summed E-state index contributed by atoms with van der Waals surface area (Å²) in [6, 6.07) is 6.35. The van der Waals surface area contributed by atoms with Crippen LogP contribution in [-0.4, -0.2) is 31.7 Å². The molecule has 142 valence electrons. The molecule has 1 aromatic rings. The van der Waals surface area contributed by atoms with Gasteiger partial charge in [0.05, 0.1) is 28.3 Å². The lowest BCUT2D eigenvalue weighted by Gasteiger charge is -2.29. The molecule has 6 heteroatoms. The predicted octanol–water partition coefficient (Wildman–Crippen LogP) is 4.75. The summed E-state index contributed by atoms with van der Waals surface area (Å²) in [4.78, 5) is 4.53. The summed E-state index contributed by atoms with van der Waals surface area (Å²) in [7, 11) is -2.99. The Morgan fingerprint density at radius 2 is 1.92 bits per heavy atom. The summed E-state index contributed by atoms with van der Waals surface area (Å²) in [5.74, 6) is 0.572. The second kappa shape index (κ2) is 7.81. The standard InChI is InChI=1S/C20H25ClFNO2S/c1-13(2)26(24,25)12-14-6-8-15(9-7-14)18-11-23-20(19(18)21)16-4-3-5-17(22)10-16/h3-5,10,13-15H,6-9,11-12H2,1-2H3. The molecule has 1 saturated carbocycles. The van der Waals surface area contributed by atoms with Gasteiger partial charge < -0.3 is 0 Å². The van der Waals surface area contributed by atoms with Gasteiger partial charge in [-0.1, -0.05) is 23.7 Å². The number of benzene rings is 1. The molecule has 0 unspecified atom stereocenters. The summed E-state index contributed by atoms with van der Waals surface area (Å²) in [6.07, 6.45) is 3.69. The van der Waals surface area contributed by atoms with E-state index in [1.54, 1.807) is 19.9 Å². The smallest absolute Gasteiger partial charge is 0.152 e. The predicted molar refractivity (Wildman–Crippen MR) is 105 cm³/mol. The van der Waals surface area contributed by atoms with Crippen molar-refractivity contribution in [2.24, 2.45) is 16.8 Å². The molecule has 0 radical (unpaired) electrons. The van der Waals surface area contributed by atoms with Crippen molar-refractivity contribution in [3.05, 3.63) is 46.3 Å². The number of allylic oxidation sites excluding steroid dienone is 1. The maximum atomic E-state index is 13.5. The third-order valence-corrected chi connectivity index (χ3v) is 8.32. The first-order valence-corrected chi connectivity index (χ1v) is 11.3. The van der Waals surface area contributed by atoms with Crippen LogP contribution < -0.4 is 0 Å². The van der Waals surface area contributed by atoms with Crippen molar-refractivity contribution >= 4 is 27.1 Å². The summed E-state index contributed by atoms with van der Waals surface area (Å²) in [5.41, 5.74) is 2.50. The fraction of sp³-hybridized carbons (Fsp3) is 0.550. The second-order valence-corrected chi connectivity index (χ2v) is 10.6. The minimum atomic E-state index is -2.99. The summed E-state index contributed by atoms with van der Waals surface area (Å²) in [5, 5.41) is 0.336. The van der Waals surface area contributed by atoms with Gasteiger partial charge in [0.15, 0.2) is 9.84 Å². The van der Waals surface area contributed by atoms with Crippen LogP contribution in [0, 0.1) is 17.7 Å². The molecule has 0 atom stereocenters. The minimum absolute atomic E-state index is 0.239. The SMILES string of the molecule is CC(C)S(=O)(=O)CC1CCC(C2=C(Cl)C(c3cccc(F)c3)=NC2)CC1. The largest absolute Gasteiger partial charge is 0.279 e. The summed E-state index contributed by atoms with van der Waals surface area (Å²) >= 11 is 6.58. The van der Waals surface area contributed by atoms with Crippen molar-refractivity contribution in [1.82, 2.24) is 0 Å². The maximum Gasteiger partial charge on any atom is 0.152 e. The van der Waals surface area contributed by atoms with Crippen LogP contribution >= 0.6 is 11.6 Å². The van der Waals surface area contributed by atoms with E-state index in [0.29, 0.717) is 28.8 Å². The van der Waals surface area contributed by atoms with E-state index < -0.39 is 9.84 Å². The molecule has 26 heavy (non-hydrogen) atoms. The van der Waals surface area contributed by atoms with Crippen LogP contribution in [0.4, 0.5) is 4.39 Å². The van der Waals surface area contributed by atoms with Crippen molar-refractivity contribution in [3.8, 4) is 0 Å². The van der Waals surface area contributed by atoms with Gasteiger partial charge >= 0.3 is 0 Å². The van der Waals surface area contributed by atoms with Gasteiger partial charge in [-0.25, -0.2) is 12.8 Å². The number of nitrogens with zero attached hydrogens (tertiary/aromatic N) is 1. The van der Waals surface area contributed by atoms with E-state index in [2.05, 4.69) is 4.99 Å². The van der Waals surface area contributed by atoms with Crippen LogP contribution in [0.2, 0.25) is 0 Å². The average Bonchev–Trinajstić information content (AvgIpc) is 2.97. The normalized spacial score (nSPS) is 24.3. The Morgan fingerprint density at radius 3 is 2.54 bits per heavy atom. The zero-order chi connectivity index (χ0) is 18.9. The molecule has 0 amide bonds. The molecule has 0 saturated heterocycles. The molecule has 1 aliphatic carbocycles. The van der Waals surface area contributed by atoms with E-state index in [1.165, 1.54) is 12.1 Å². The highest BCUT2D eigenvalue weighted by atomic mass is 35.5. The van der Waals surface area contributed by atoms with Crippen molar-refractivity contribution in [2.75, 3.05) is 12.3 Å². The molecule has 1 aromatic carbocycles. The van der Waals surface area contributed by atoms with Crippen LogP contribution in [0.15, 0.2) is 39.9 Å². The first-order chi connectivity index (χ1) is 12.3. The zero-order valence-corrected chi connectivity index (χ0v) is 16.8. The quantitative estimate of drug-likeness (QED) is 0.719. The van der Waals surface area contributed by atoms with Gasteiger partial charge in [0.1, 0.15) is 5.82 Å². The monoisotopic (exact) mass is 397 g/mol. The molecule has 3 nitrogen and oxygen atoms in total. The maximum absolute atomic E-state index is 13.5. The number of rotatable bonds is 5. The number of sulfone groups is 1. The van der Waals surface area contributed by atoms with Crippen molar-refractivity contribution < 1.29 is 12.8 Å². The fourth-order valence-corrected chi connectivity index (χ4v) is 5.57. The van der Waals surface area contributed by atoms with E-state index in [0.717, 1.165) is 31.3 Å². The molecule has 0 bridgehead atoms. The first-order valence-electron chi connectivity index (χ1n) is 9.19. The molecular formula is C20H25ClFNO2S. The third kappa shape index (κ3) is 4.20. The average molecular weight is 398 g/mol.